The van der Waals surface area contributed by atoms with Crippen LogP contribution in [-0.4, -0.2) is 110 Å². The van der Waals surface area contributed by atoms with Crippen LogP contribution in [0.4, 0.5) is 14.4 Å². The fourth-order valence-corrected chi connectivity index (χ4v) is 5.55. The number of esters is 3. The maximum atomic E-state index is 13.7. The van der Waals surface area contributed by atoms with Gasteiger partial charge in [-0.25, -0.2) is 52.5 Å². The van der Waals surface area contributed by atoms with Crippen molar-refractivity contribution in [2.45, 2.75) is 150 Å². The Labute approximate surface area is 386 Å². The lowest BCUT2D eigenvalue weighted by molar-refractivity contribution is -0.142. The van der Waals surface area contributed by atoms with E-state index in [4.69, 9.17) is 32.8 Å². The summed E-state index contributed by atoms with van der Waals surface area (Å²) in [6.45, 7) is 21.3. The Hall–Kier alpha value is -6.15. The van der Waals surface area contributed by atoms with Gasteiger partial charge in [0, 0.05) is 56.0 Å². The second-order valence-electron chi connectivity index (χ2n) is 15.9. The first-order valence-corrected chi connectivity index (χ1v) is 22.5. The fraction of sp³-hybridized carbons (Fsp3) is 0.667. The van der Waals surface area contributed by atoms with Crippen molar-refractivity contribution >= 4 is 36.2 Å². The van der Waals surface area contributed by atoms with E-state index in [-0.39, 0.29) is 55.3 Å². The van der Waals surface area contributed by atoms with Crippen LogP contribution in [0.3, 0.4) is 0 Å². The molecule has 21 heteroatoms. The summed E-state index contributed by atoms with van der Waals surface area (Å²) >= 11 is 0. The molecule has 0 fully saturated rings. The number of hydrogen-bond acceptors (Lipinski definition) is 16. The van der Waals surface area contributed by atoms with Crippen molar-refractivity contribution in [1.29, 1.82) is 0 Å². The van der Waals surface area contributed by atoms with Crippen molar-refractivity contribution < 1.29 is 61.6 Å². The topological polar surface area (TPSA) is 263 Å². The molecule has 66 heavy (non-hydrogen) atoms. The highest BCUT2D eigenvalue weighted by Gasteiger charge is 2.16. The number of alkyl carbamates (subject to hydrolysis) is 3. The number of nitrogens with zero attached hydrogens (tertiary/aromatic N) is 3. The molecule has 372 valence electrons. The second kappa shape index (κ2) is 33.3. The summed E-state index contributed by atoms with van der Waals surface area (Å²) in [6, 6.07) is 0. The van der Waals surface area contributed by atoms with Crippen LogP contribution in [0.15, 0.2) is 55.5 Å². The summed E-state index contributed by atoms with van der Waals surface area (Å²) < 4.78 is 38.5. The predicted molar refractivity (Wildman–Crippen MR) is 242 cm³/mol. The third kappa shape index (κ3) is 26.6. The van der Waals surface area contributed by atoms with Crippen LogP contribution >= 0.6 is 0 Å². The van der Waals surface area contributed by atoms with E-state index in [1.165, 1.54) is 25.3 Å². The summed E-state index contributed by atoms with van der Waals surface area (Å²) in [4.78, 5) is 102. The van der Waals surface area contributed by atoms with Crippen molar-refractivity contribution in [3.05, 3.63) is 63.2 Å². The van der Waals surface area contributed by atoms with Crippen molar-refractivity contribution in [3.63, 3.8) is 0 Å². The number of carbonyl (C=O) groups is 6. The minimum absolute atomic E-state index is 0.0672. The first-order valence-electron chi connectivity index (χ1n) is 22.5. The maximum absolute atomic E-state index is 13.7. The molecule has 0 saturated carbocycles. The maximum Gasteiger partial charge on any atom is 0.425 e. The molecule has 0 radical (unpaired) electrons. The summed E-state index contributed by atoms with van der Waals surface area (Å²) in [7, 11) is 0. The zero-order chi connectivity index (χ0) is 49.4. The molecule has 3 atom stereocenters. The van der Waals surface area contributed by atoms with Gasteiger partial charge in [-0.1, -0.05) is 58.3 Å². The molecule has 1 aromatic heterocycles. The third-order valence-corrected chi connectivity index (χ3v) is 9.17. The number of carbonyl (C=O) groups excluding carboxylic acids is 6. The standard InChI is InChI=1S/C45H72N6O15/c1-31(2)37(52)60-28-34(7)63-41(55)47-23-17-11-10-16-22-46-40-50(26-20-14-12-18-24-48-42(56)64-35(8)29-61-38(53)32(3)4)44(58)51(45(59)66-40)27-21-15-13-19-25-49-43(57)65-36(9)30-62-39(54)33(5)6/h34-36H,1,3,5,10-30H2,2,4,6-9H3,(H,47,55)(H,48,56)(H,49,57). The van der Waals surface area contributed by atoms with Gasteiger partial charge in [0.1, 0.15) is 38.1 Å². The van der Waals surface area contributed by atoms with Crippen LogP contribution in [-0.2, 0) is 55.9 Å². The van der Waals surface area contributed by atoms with E-state index in [1.54, 1.807) is 20.8 Å². The SMILES string of the molecule is C=C(C)C(=O)OCC(C)OC(=O)NCCCCCCN=c1oc(=O)n(CCCCCCNC(=O)OC(C)COC(=O)C(=C)C)c(=O)n1CCCCCCNC(=O)OC(C)COC(=O)C(=C)C. The van der Waals surface area contributed by atoms with Crippen molar-refractivity contribution in [1.82, 2.24) is 25.1 Å². The molecule has 1 heterocycles. The van der Waals surface area contributed by atoms with Gasteiger partial charge in [0.15, 0.2) is 0 Å². The molecule has 0 aliphatic rings. The van der Waals surface area contributed by atoms with E-state index in [1.807, 2.05) is 0 Å². The predicted octanol–water partition coefficient (Wildman–Crippen LogP) is 4.89. The fourth-order valence-electron chi connectivity index (χ4n) is 5.55. The highest BCUT2D eigenvalue weighted by Crippen LogP contribution is 2.05. The minimum Gasteiger partial charge on any atom is -0.458 e. The Morgan fingerprint density at radius 2 is 0.864 bits per heavy atom. The lowest BCUT2D eigenvalue weighted by Crippen LogP contribution is -2.47. The average Bonchev–Trinajstić information content (AvgIpc) is 3.25. The largest absolute Gasteiger partial charge is 0.458 e. The highest BCUT2D eigenvalue weighted by atomic mass is 16.6. The van der Waals surface area contributed by atoms with Crippen LogP contribution in [0.25, 0.3) is 0 Å². The highest BCUT2D eigenvalue weighted by molar-refractivity contribution is 5.87. The van der Waals surface area contributed by atoms with Crippen LogP contribution in [0, 0.1) is 0 Å². The molecule has 0 spiro atoms. The van der Waals surface area contributed by atoms with Crippen LogP contribution in [0.5, 0.6) is 0 Å². The van der Waals surface area contributed by atoms with Gasteiger partial charge in [-0.15, -0.1) is 0 Å². The minimum atomic E-state index is -0.815. The van der Waals surface area contributed by atoms with Gasteiger partial charge < -0.3 is 48.8 Å². The Morgan fingerprint density at radius 3 is 1.23 bits per heavy atom. The molecule has 0 aliphatic carbocycles. The zero-order valence-electron chi connectivity index (χ0n) is 39.7. The molecule has 3 amide bonds. The summed E-state index contributed by atoms with van der Waals surface area (Å²) in [5, 5.41) is 7.98. The van der Waals surface area contributed by atoms with Gasteiger partial charge in [-0.2, -0.15) is 0 Å². The molecule has 21 nitrogen and oxygen atoms in total. The Balaban J connectivity index is 2.71. The number of nitrogens with one attached hydrogen (secondary N) is 3. The molecule has 1 rings (SSSR count). The summed E-state index contributed by atoms with van der Waals surface area (Å²) in [5.74, 6) is -2.51. The van der Waals surface area contributed by atoms with Gasteiger partial charge in [0.05, 0.1) is 0 Å². The number of hydrogen-bond donors (Lipinski definition) is 3. The van der Waals surface area contributed by atoms with E-state index >= 15 is 0 Å². The van der Waals surface area contributed by atoms with Gasteiger partial charge >= 0.3 is 53.3 Å². The second-order valence-corrected chi connectivity index (χ2v) is 15.9. The lowest BCUT2D eigenvalue weighted by atomic mass is 10.2. The monoisotopic (exact) mass is 937 g/mol. The van der Waals surface area contributed by atoms with Crippen molar-refractivity contribution in [3.8, 4) is 0 Å². The molecular weight excluding hydrogens is 865 g/mol. The Bertz CT molecular complexity index is 1950. The molecule has 0 saturated heterocycles. The number of rotatable bonds is 33. The van der Waals surface area contributed by atoms with Gasteiger partial charge in [0.25, 0.3) is 0 Å². The molecule has 0 aromatic carbocycles. The van der Waals surface area contributed by atoms with E-state index in [0.29, 0.717) is 84.0 Å². The van der Waals surface area contributed by atoms with E-state index in [0.717, 1.165) is 23.8 Å². The molecule has 0 bridgehead atoms. The van der Waals surface area contributed by atoms with Crippen LogP contribution in [0.1, 0.15) is 119 Å². The molecule has 3 unspecified atom stereocenters. The molecule has 0 aliphatic heterocycles. The summed E-state index contributed by atoms with van der Waals surface area (Å²) in [6.07, 6.45) is 4.08. The average molecular weight is 937 g/mol. The van der Waals surface area contributed by atoms with E-state index in [2.05, 4.69) is 40.7 Å². The van der Waals surface area contributed by atoms with Gasteiger partial charge in [-0.05, 0) is 80.1 Å². The Kier molecular flexibility index (Phi) is 29.2. The normalized spacial score (nSPS) is 12.4. The van der Waals surface area contributed by atoms with Gasteiger partial charge in [-0.3, -0.25) is 0 Å². The van der Waals surface area contributed by atoms with Crippen LogP contribution in [0.2, 0.25) is 0 Å². The van der Waals surface area contributed by atoms with Crippen molar-refractivity contribution in [2.24, 2.45) is 4.99 Å². The first kappa shape index (κ1) is 57.9. The van der Waals surface area contributed by atoms with Crippen LogP contribution < -0.4 is 33.1 Å². The number of aromatic nitrogens is 2. The Morgan fingerprint density at radius 1 is 0.530 bits per heavy atom. The number of ether oxygens (including phenoxy) is 6. The first-order chi connectivity index (χ1) is 31.3. The third-order valence-electron chi connectivity index (χ3n) is 9.17. The summed E-state index contributed by atoms with van der Waals surface area (Å²) in [5.41, 5.74) is 0.136. The molecule has 3 N–H and O–H groups in total. The van der Waals surface area contributed by atoms with Crippen molar-refractivity contribution in [2.75, 3.05) is 46.0 Å². The quantitative estimate of drug-likeness (QED) is 0.0367. The number of unbranched alkanes of at least 4 members (excludes halogenated alkanes) is 9. The zero-order valence-corrected chi connectivity index (χ0v) is 39.7. The lowest BCUT2D eigenvalue weighted by Gasteiger charge is -2.14. The molecule has 1 aromatic rings. The van der Waals surface area contributed by atoms with E-state index in [9.17, 15) is 38.4 Å². The molecular formula is C45H72N6O15. The number of amides is 3. The smallest absolute Gasteiger partial charge is 0.425 e. The van der Waals surface area contributed by atoms with Gasteiger partial charge in [0.2, 0.25) is 0 Å². The van der Waals surface area contributed by atoms with E-state index < -0.39 is 65.9 Å².